The van der Waals surface area contributed by atoms with Crippen LogP contribution >= 0.6 is 0 Å². The van der Waals surface area contributed by atoms with Crippen LogP contribution in [0.3, 0.4) is 0 Å². The van der Waals surface area contributed by atoms with Crippen molar-refractivity contribution in [2.24, 2.45) is 5.92 Å². The van der Waals surface area contributed by atoms with E-state index in [2.05, 4.69) is 23.9 Å². The molecule has 2 rings (SSSR count). The van der Waals surface area contributed by atoms with Gasteiger partial charge in [0, 0.05) is 12.6 Å². The summed E-state index contributed by atoms with van der Waals surface area (Å²) in [4.78, 5) is 4.99. The Hall–Kier alpha value is -0.0800. The van der Waals surface area contributed by atoms with Gasteiger partial charge >= 0.3 is 0 Å². The minimum atomic E-state index is 0.869. The predicted molar refractivity (Wildman–Crippen MR) is 69.3 cm³/mol. The molecule has 0 aromatic carbocycles. The van der Waals surface area contributed by atoms with Gasteiger partial charge in [0.05, 0.1) is 0 Å². The highest BCUT2D eigenvalue weighted by Gasteiger charge is 2.34. The molecule has 2 nitrogen and oxygen atoms in total. The van der Waals surface area contributed by atoms with Gasteiger partial charge in [-0.15, -0.1) is 0 Å². The summed E-state index contributed by atoms with van der Waals surface area (Å²) >= 11 is 0. The molecule has 2 unspecified atom stereocenters. The molecule has 92 valence electrons. The lowest BCUT2D eigenvalue weighted by Gasteiger charge is -2.35. The van der Waals surface area contributed by atoms with Crippen LogP contribution in [0.2, 0.25) is 0 Å². The van der Waals surface area contributed by atoms with Gasteiger partial charge in [-0.05, 0) is 45.9 Å². The Morgan fingerprint density at radius 3 is 2.00 bits per heavy atom. The van der Waals surface area contributed by atoms with Gasteiger partial charge in [-0.1, -0.05) is 27.7 Å². The van der Waals surface area contributed by atoms with Crippen molar-refractivity contribution in [2.45, 2.75) is 46.6 Å². The van der Waals surface area contributed by atoms with Crippen LogP contribution in [0.25, 0.3) is 0 Å². The van der Waals surface area contributed by atoms with Crippen LogP contribution in [-0.4, -0.2) is 49.6 Å². The van der Waals surface area contributed by atoms with Crippen molar-refractivity contribution < 1.29 is 0 Å². The fraction of sp³-hybridized carbons (Fsp3) is 1.00. The van der Waals surface area contributed by atoms with Gasteiger partial charge in [0.25, 0.3) is 0 Å². The molecule has 0 N–H and O–H groups in total. The van der Waals surface area contributed by atoms with Crippen molar-refractivity contribution in [1.29, 1.82) is 0 Å². The average Bonchev–Trinajstić information content (AvgIpc) is 2.66. The number of piperidine rings is 1. The second-order valence-electron chi connectivity index (χ2n) is 4.15. The summed E-state index contributed by atoms with van der Waals surface area (Å²) in [6, 6.07) is 0.869. The van der Waals surface area contributed by atoms with Gasteiger partial charge < -0.3 is 9.80 Å². The molecule has 0 aromatic rings. The number of rotatable bonds is 0. The molecule has 2 aliphatic heterocycles. The largest absolute Gasteiger partial charge is 0.305 e. The van der Waals surface area contributed by atoms with Crippen LogP contribution in [0.15, 0.2) is 0 Å². The van der Waals surface area contributed by atoms with Crippen molar-refractivity contribution in [1.82, 2.24) is 9.80 Å². The Balaban J connectivity index is 0.000000442. The van der Waals surface area contributed by atoms with Crippen molar-refractivity contribution in [3.63, 3.8) is 0 Å². The van der Waals surface area contributed by atoms with Gasteiger partial charge in [0.2, 0.25) is 0 Å². The molecule has 0 aromatic heterocycles. The van der Waals surface area contributed by atoms with Gasteiger partial charge in [-0.3, -0.25) is 0 Å². The van der Waals surface area contributed by atoms with E-state index in [1.165, 1.54) is 32.5 Å². The molecule has 2 heterocycles. The topological polar surface area (TPSA) is 6.48 Å². The standard InChI is InChI=1S/C9H18N2.2C2H6/c1-10-5-3-8-4-6-11(2)9(8)7-10;2*1-2/h8-9H,3-7H2,1-2H3;2*1-2H3. The monoisotopic (exact) mass is 214 g/mol. The van der Waals surface area contributed by atoms with E-state index in [0.29, 0.717) is 0 Å². The van der Waals surface area contributed by atoms with Gasteiger partial charge in [0.15, 0.2) is 0 Å². The molecular weight excluding hydrogens is 184 g/mol. The molecular formula is C13H30N2. The first-order chi connectivity index (χ1) is 7.27. The molecule has 2 fully saturated rings. The second-order valence-corrected chi connectivity index (χ2v) is 4.15. The van der Waals surface area contributed by atoms with E-state index in [-0.39, 0.29) is 0 Å². The first-order valence-corrected chi connectivity index (χ1v) is 6.66. The fourth-order valence-corrected chi connectivity index (χ4v) is 2.51. The summed E-state index contributed by atoms with van der Waals surface area (Å²) in [5, 5.41) is 0. The van der Waals surface area contributed by atoms with E-state index in [4.69, 9.17) is 0 Å². The lowest BCUT2D eigenvalue weighted by molar-refractivity contribution is 0.140. The van der Waals surface area contributed by atoms with Crippen LogP contribution in [0.1, 0.15) is 40.5 Å². The van der Waals surface area contributed by atoms with Crippen LogP contribution in [0, 0.1) is 5.92 Å². The molecule has 2 heteroatoms. The molecule has 2 atom stereocenters. The number of hydrogen-bond acceptors (Lipinski definition) is 2. The van der Waals surface area contributed by atoms with Crippen LogP contribution in [0.5, 0.6) is 0 Å². The maximum Gasteiger partial charge on any atom is 0.0249 e. The normalized spacial score (nSPS) is 30.8. The Kier molecular flexibility index (Phi) is 8.07. The summed E-state index contributed by atoms with van der Waals surface area (Å²) in [5.41, 5.74) is 0. The molecule has 15 heavy (non-hydrogen) atoms. The Bertz CT molecular complexity index is 147. The summed E-state index contributed by atoms with van der Waals surface area (Å²) in [7, 11) is 4.51. The van der Waals surface area contributed by atoms with Crippen molar-refractivity contribution in [3.8, 4) is 0 Å². The second kappa shape index (κ2) is 8.12. The zero-order valence-corrected chi connectivity index (χ0v) is 11.6. The summed E-state index contributed by atoms with van der Waals surface area (Å²) in [6.45, 7) is 11.9. The SMILES string of the molecule is CC.CC.CN1CCC2CCN(C)C2C1. The smallest absolute Gasteiger partial charge is 0.0249 e. The molecule has 2 saturated heterocycles. The molecule has 0 radical (unpaired) electrons. The molecule has 0 amide bonds. The first-order valence-electron chi connectivity index (χ1n) is 6.66. The van der Waals surface area contributed by atoms with Crippen LogP contribution < -0.4 is 0 Å². The number of hydrogen-bond donors (Lipinski definition) is 0. The predicted octanol–water partition coefficient (Wildman–Crippen LogP) is 2.69. The molecule has 0 spiro atoms. The van der Waals surface area contributed by atoms with E-state index in [0.717, 1.165) is 12.0 Å². The molecule has 2 aliphatic rings. The molecule has 0 aliphatic carbocycles. The summed E-state index contributed by atoms with van der Waals surface area (Å²) in [6.07, 6.45) is 2.86. The number of fused-ring (bicyclic) bond motifs is 1. The van der Waals surface area contributed by atoms with Gasteiger partial charge in [0.1, 0.15) is 0 Å². The van der Waals surface area contributed by atoms with Gasteiger partial charge in [-0.2, -0.15) is 0 Å². The third kappa shape index (κ3) is 4.12. The Morgan fingerprint density at radius 1 is 0.867 bits per heavy atom. The number of likely N-dealkylation sites (N-methyl/N-ethyl adjacent to an activating group) is 2. The highest BCUT2D eigenvalue weighted by Crippen LogP contribution is 2.29. The zero-order chi connectivity index (χ0) is 11.8. The molecule has 0 bridgehead atoms. The quantitative estimate of drug-likeness (QED) is 0.612. The maximum absolute atomic E-state index is 2.53. The third-order valence-corrected chi connectivity index (χ3v) is 3.34. The Labute approximate surface area is 96.6 Å². The minimum Gasteiger partial charge on any atom is -0.305 e. The average molecular weight is 214 g/mol. The summed E-state index contributed by atoms with van der Waals surface area (Å²) in [5.74, 6) is 1.01. The van der Waals surface area contributed by atoms with Crippen molar-refractivity contribution in [3.05, 3.63) is 0 Å². The van der Waals surface area contributed by atoms with Crippen molar-refractivity contribution in [2.75, 3.05) is 33.7 Å². The number of likely N-dealkylation sites (tertiary alicyclic amines) is 2. The number of nitrogens with zero attached hydrogens (tertiary/aromatic N) is 2. The fourth-order valence-electron chi connectivity index (χ4n) is 2.51. The third-order valence-electron chi connectivity index (χ3n) is 3.34. The van der Waals surface area contributed by atoms with Crippen LogP contribution in [-0.2, 0) is 0 Å². The lowest BCUT2D eigenvalue weighted by atomic mass is 9.93. The minimum absolute atomic E-state index is 0.869. The highest BCUT2D eigenvalue weighted by atomic mass is 15.2. The van der Waals surface area contributed by atoms with E-state index in [9.17, 15) is 0 Å². The van der Waals surface area contributed by atoms with Crippen molar-refractivity contribution >= 4 is 0 Å². The Morgan fingerprint density at radius 2 is 1.40 bits per heavy atom. The highest BCUT2D eigenvalue weighted by molar-refractivity contribution is 4.90. The molecule has 0 saturated carbocycles. The van der Waals surface area contributed by atoms with Crippen LogP contribution in [0.4, 0.5) is 0 Å². The zero-order valence-electron chi connectivity index (χ0n) is 11.6. The lowest BCUT2D eigenvalue weighted by Crippen LogP contribution is -2.45. The van der Waals surface area contributed by atoms with E-state index < -0.39 is 0 Å². The van der Waals surface area contributed by atoms with E-state index >= 15 is 0 Å². The first kappa shape index (κ1) is 14.9. The summed E-state index contributed by atoms with van der Waals surface area (Å²) < 4.78 is 0. The maximum atomic E-state index is 2.53. The van der Waals surface area contributed by atoms with E-state index in [1.54, 1.807) is 0 Å². The van der Waals surface area contributed by atoms with E-state index in [1.807, 2.05) is 27.7 Å². The van der Waals surface area contributed by atoms with Gasteiger partial charge in [-0.25, -0.2) is 0 Å².